The third-order valence-corrected chi connectivity index (χ3v) is 4.09. The Morgan fingerprint density at radius 3 is 2.95 bits per heavy atom. The van der Waals surface area contributed by atoms with Gasteiger partial charge in [-0.15, -0.1) is 0 Å². The standard InChI is InChI=1S/C14H21N3O2/c18-8-6-11-3-1-2-7-17(11)12-9-13(19)16-14(15-12)10-4-5-10/h9-11,18H,1-8H2,(H,15,16,19). The van der Waals surface area contributed by atoms with Crippen LogP contribution >= 0.6 is 0 Å². The quantitative estimate of drug-likeness (QED) is 0.861. The van der Waals surface area contributed by atoms with Crippen molar-refractivity contribution in [3.63, 3.8) is 0 Å². The van der Waals surface area contributed by atoms with E-state index in [1.807, 2.05) is 0 Å². The molecule has 1 saturated carbocycles. The highest BCUT2D eigenvalue weighted by atomic mass is 16.3. The number of hydrogen-bond acceptors (Lipinski definition) is 4. The lowest BCUT2D eigenvalue weighted by Gasteiger charge is -2.36. The van der Waals surface area contributed by atoms with Gasteiger partial charge in [0.15, 0.2) is 0 Å². The lowest BCUT2D eigenvalue weighted by molar-refractivity contribution is 0.262. The molecule has 104 valence electrons. The number of aliphatic hydroxyl groups excluding tert-OH is 1. The number of anilines is 1. The minimum Gasteiger partial charge on any atom is -0.396 e. The Labute approximate surface area is 112 Å². The van der Waals surface area contributed by atoms with Crippen LogP contribution in [0.15, 0.2) is 10.9 Å². The molecule has 3 rings (SSSR count). The summed E-state index contributed by atoms with van der Waals surface area (Å²) >= 11 is 0. The number of piperidine rings is 1. The Morgan fingerprint density at radius 1 is 1.37 bits per heavy atom. The fourth-order valence-electron chi connectivity index (χ4n) is 2.91. The van der Waals surface area contributed by atoms with Gasteiger partial charge in [0.2, 0.25) is 0 Å². The van der Waals surface area contributed by atoms with Crippen LogP contribution in [0.4, 0.5) is 5.82 Å². The number of rotatable bonds is 4. The summed E-state index contributed by atoms with van der Waals surface area (Å²) in [5.41, 5.74) is -0.0554. The lowest BCUT2D eigenvalue weighted by atomic mass is 10.00. The second-order valence-electron chi connectivity index (χ2n) is 5.62. The number of nitrogens with one attached hydrogen (secondary N) is 1. The fourth-order valence-corrected chi connectivity index (χ4v) is 2.91. The third kappa shape index (κ3) is 2.81. The molecule has 0 amide bonds. The molecule has 0 spiro atoms. The largest absolute Gasteiger partial charge is 0.396 e. The number of hydrogen-bond donors (Lipinski definition) is 2. The zero-order chi connectivity index (χ0) is 13.2. The van der Waals surface area contributed by atoms with Crippen LogP contribution in [-0.4, -0.2) is 34.3 Å². The topological polar surface area (TPSA) is 69.2 Å². The maximum Gasteiger partial charge on any atom is 0.252 e. The smallest absolute Gasteiger partial charge is 0.252 e. The molecule has 5 nitrogen and oxygen atoms in total. The first-order valence-corrected chi connectivity index (χ1v) is 7.26. The molecule has 1 aliphatic carbocycles. The first-order valence-electron chi connectivity index (χ1n) is 7.26. The van der Waals surface area contributed by atoms with Crippen molar-refractivity contribution in [2.45, 2.75) is 50.5 Å². The van der Waals surface area contributed by atoms with E-state index in [0.717, 1.165) is 50.3 Å². The second kappa shape index (κ2) is 5.33. The number of nitrogens with zero attached hydrogens (tertiary/aromatic N) is 2. The number of H-pyrrole nitrogens is 1. The van der Waals surface area contributed by atoms with E-state index in [4.69, 9.17) is 0 Å². The van der Waals surface area contributed by atoms with Gasteiger partial charge in [-0.3, -0.25) is 4.79 Å². The van der Waals surface area contributed by atoms with E-state index in [2.05, 4.69) is 14.9 Å². The van der Waals surface area contributed by atoms with Gasteiger partial charge in [0.1, 0.15) is 11.6 Å². The van der Waals surface area contributed by atoms with Crippen LogP contribution in [0, 0.1) is 0 Å². The molecule has 1 aromatic heterocycles. The molecule has 2 N–H and O–H groups in total. The van der Waals surface area contributed by atoms with Gasteiger partial charge in [-0.1, -0.05) is 0 Å². The zero-order valence-corrected chi connectivity index (χ0v) is 11.1. The van der Waals surface area contributed by atoms with E-state index in [1.54, 1.807) is 6.07 Å². The predicted molar refractivity (Wildman–Crippen MR) is 73.5 cm³/mol. The molecule has 0 radical (unpaired) electrons. The molecule has 1 aliphatic heterocycles. The summed E-state index contributed by atoms with van der Waals surface area (Å²) in [6, 6.07) is 1.92. The molecule has 2 fully saturated rings. The average molecular weight is 263 g/mol. The normalized spacial score (nSPS) is 23.6. The highest BCUT2D eigenvalue weighted by Crippen LogP contribution is 2.38. The van der Waals surface area contributed by atoms with Gasteiger partial charge in [0.05, 0.1) is 0 Å². The summed E-state index contributed by atoms with van der Waals surface area (Å²) < 4.78 is 0. The maximum atomic E-state index is 11.8. The summed E-state index contributed by atoms with van der Waals surface area (Å²) in [6.45, 7) is 1.13. The van der Waals surface area contributed by atoms with Crippen LogP contribution in [0.1, 0.15) is 50.3 Å². The van der Waals surface area contributed by atoms with Crippen molar-refractivity contribution in [1.82, 2.24) is 9.97 Å². The Kier molecular flexibility index (Phi) is 3.55. The van der Waals surface area contributed by atoms with Gasteiger partial charge in [-0.05, 0) is 38.5 Å². The highest BCUT2D eigenvalue weighted by Gasteiger charge is 2.28. The molecular weight excluding hydrogens is 242 g/mol. The van der Waals surface area contributed by atoms with Crippen LogP contribution in [0.3, 0.4) is 0 Å². The molecule has 5 heteroatoms. The number of aromatic amines is 1. The molecule has 1 atom stereocenters. The molecule has 2 heterocycles. The average Bonchev–Trinajstić information content (AvgIpc) is 3.23. The SMILES string of the molecule is O=c1cc(N2CCCCC2CCO)nc(C2CC2)[nH]1. The van der Waals surface area contributed by atoms with Crippen molar-refractivity contribution < 1.29 is 5.11 Å². The first kappa shape index (κ1) is 12.7. The Bertz CT molecular complexity index is 494. The summed E-state index contributed by atoms with van der Waals surface area (Å²) in [6.07, 6.45) is 6.43. The molecule has 2 aliphatic rings. The third-order valence-electron chi connectivity index (χ3n) is 4.09. The van der Waals surface area contributed by atoms with Gasteiger partial charge in [-0.25, -0.2) is 4.98 Å². The van der Waals surface area contributed by atoms with Crippen LogP contribution in [-0.2, 0) is 0 Å². The predicted octanol–water partition coefficient (Wildman–Crippen LogP) is 1.39. The van der Waals surface area contributed by atoms with Gasteiger partial charge < -0.3 is 15.0 Å². The first-order chi connectivity index (χ1) is 9.28. The van der Waals surface area contributed by atoms with Crippen molar-refractivity contribution in [3.8, 4) is 0 Å². The number of aromatic nitrogens is 2. The Morgan fingerprint density at radius 2 is 2.21 bits per heavy atom. The second-order valence-corrected chi connectivity index (χ2v) is 5.62. The van der Waals surface area contributed by atoms with Crippen molar-refractivity contribution in [2.24, 2.45) is 0 Å². The Balaban J connectivity index is 1.88. The molecule has 0 aromatic carbocycles. The summed E-state index contributed by atoms with van der Waals surface area (Å²) in [7, 11) is 0. The van der Waals surface area contributed by atoms with Crippen LogP contribution in [0.25, 0.3) is 0 Å². The molecule has 0 bridgehead atoms. The van der Waals surface area contributed by atoms with Crippen LogP contribution in [0.2, 0.25) is 0 Å². The molecule has 1 unspecified atom stereocenters. The van der Waals surface area contributed by atoms with Crippen molar-refractivity contribution in [1.29, 1.82) is 0 Å². The van der Waals surface area contributed by atoms with E-state index in [-0.39, 0.29) is 12.2 Å². The highest BCUT2D eigenvalue weighted by molar-refractivity contribution is 5.40. The van der Waals surface area contributed by atoms with Crippen molar-refractivity contribution >= 4 is 5.82 Å². The Hall–Kier alpha value is -1.36. The molecule has 19 heavy (non-hydrogen) atoms. The van der Waals surface area contributed by atoms with E-state index < -0.39 is 0 Å². The minimum absolute atomic E-state index is 0.0554. The lowest BCUT2D eigenvalue weighted by Crippen LogP contribution is -2.41. The summed E-state index contributed by atoms with van der Waals surface area (Å²) in [5, 5.41) is 9.18. The van der Waals surface area contributed by atoms with Crippen LogP contribution < -0.4 is 10.5 Å². The van der Waals surface area contributed by atoms with Gasteiger partial charge >= 0.3 is 0 Å². The van der Waals surface area contributed by atoms with Gasteiger partial charge in [0, 0.05) is 31.2 Å². The van der Waals surface area contributed by atoms with Crippen molar-refractivity contribution in [3.05, 3.63) is 22.2 Å². The number of aliphatic hydroxyl groups is 1. The molecule has 1 saturated heterocycles. The zero-order valence-electron chi connectivity index (χ0n) is 11.1. The van der Waals surface area contributed by atoms with E-state index in [9.17, 15) is 9.90 Å². The van der Waals surface area contributed by atoms with E-state index in [1.165, 1.54) is 6.42 Å². The van der Waals surface area contributed by atoms with E-state index in [0.29, 0.717) is 12.0 Å². The minimum atomic E-state index is -0.0554. The summed E-state index contributed by atoms with van der Waals surface area (Å²) in [4.78, 5) is 21.5. The van der Waals surface area contributed by atoms with Crippen molar-refractivity contribution in [2.75, 3.05) is 18.1 Å². The monoisotopic (exact) mass is 263 g/mol. The van der Waals surface area contributed by atoms with E-state index >= 15 is 0 Å². The summed E-state index contributed by atoms with van der Waals surface area (Å²) in [5.74, 6) is 2.09. The maximum absolute atomic E-state index is 11.8. The van der Waals surface area contributed by atoms with Gasteiger partial charge in [-0.2, -0.15) is 0 Å². The molecule has 1 aromatic rings. The molecular formula is C14H21N3O2. The van der Waals surface area contributed by atoms with Crippen LogP contribution in [0.5, 0.6) is 0 Å². The fraction of sp³-hybridized carbons (Fsp3) is 0.714. The van der Waals surface area contributed by atoms with Gasteiger partial charge in [0.25, 0.3) is 5.56 Å².